The molecule has 0 aliphatic rings. The van der Waals surface area contributed by atoms with Crippen LogP contribution in [0.4, 0.5) is 30.7 Å². The Bertz CT molecular complexity index is 1170. The molecular weight excluding hydrogens is 564 g/mol. The lowest BCUT2D eigenvalue weighted by molar-refractivity contribution is -0.140. The third-order valence-corrected chi connectivity index (χ3v) is 6.06. The normalized spacial score (nSPS) is 14.3. The lowest BCUT2D eigenvalue weighted by Crippen LogP contribution is -2.44. The second kappa shape index (κ2) is 11.3. The first-order valence-corrected chi connectivity index (χ1v) is 10.9. The van der Waals surface area contributed by atoms with Crippen LogP contribution >= 0.6 is 34.8 Å². The van der Waals surface area contributed by atoms with Crippen LogP contribution in [-0.2, 0) is 11.0 Å². The van der Waals surface area contributed by atoms with Crippen molar-refractivity contribution in [2.75, 3.05) is 7.05 Å². The summed E-state index contributed by atoms with van der Waals surface area (Å²) in [6.45, 7) is 1.22. The Balaban J connectivity index is 2.56. The molecule has 0 aliphatic carbocycles. The molecule has 36 heavy (non-hydrogen) atoms. The van der Waals surface area contributed by atoms with Gasteiger partial charge in [-0.15, -0.1) is 0 Å². The predicted molar refractivity (Wildman–Crippen MR) is 122 cm³/mol. The summed E-state index contributed by atoms with van der Waals surface area (Å²) in [5.41, 5.74) is -4.06. The summed E-state index contributed by atoms with van der Waals surface area (Å²) in [7, 11) is 1.25. The average Bonchev–Trinajstić information content (AvgIpc) is 2.78. The Morgan fingerprint density at radius 3 is 2.00 bits per heavy atom. The molecule has 0 fully saturated rings. The molecule has 4 nitrogen and oxygen atoms in total. The SMILES string of the molecule is CNC(=O)C(C)NC(=O)c1ccc(/C(F)=C/C(c2cc(Cl)c(Cl)c(Cl)c2)C(F)(F)F)cc1C(F)(F)F. The quantitative estimate of drug-likeness (QED) is 0.281. The van der Waals surface area contributed by atoms with E-state index >= 15 is 0 Å². The second-order valence-electron chi connectivity index (χ2n) is 7.40. The number of allylic oxidation sites excluding steroid dienone is 1. The van der Waals surface area contributed by atoms with Crippen molar-refractivity contribution in [3.8, 4) is 0 Å². The largest absolute Gasteiger partial charge is 0.417 e. The van der Waals surface area contributed by atoms with Gasteiger partial charge < -0.3 is 10.6 Å². The average molecular weight is 580 g/mol. The molecule has 0 aromatic heterocycles. The number of carbonyl (C=O) groups excluding carboxylic acids is 2. The summed E-state index contributed by atoms with van der Waals surface area (Å²) in [6.07, 6.45) is -10.2. The van der Waals surface area contributed by atoms with Gasteiger partial charge in [-0.3, -0.25) is 9.59 Å². The summed E-state index contributed by atoms with van der Waals surface area (Å²) in [6, 6.07) is 1.90. The number of alkyl halides is 6. The smallest absolute Gasteiger partial charge is 0.357 e. The highest BCUT2D eigenvalue weighted by Crippen LogP contribution is 2.42. The molecule has 2 amide bonds. The number of hydrogen-bond acceptors (Lipinski definition) is 2. The number of amides is 2. The maximum Gasteiger partial charge on any atom is 0.417 e. The summed E-state index contributed by atoms with van der Waals surface area (Å²) in [4.78, 5) is 23.9. The standard InChI is InChI=1S/C22H16Cl3F7N2O2/c1-9(19(35)33-2)34-20(36)12-4-3-10(5-14(12)22(30,31)32)17(26)8-13(21(27,28)29)11-6-15(23)18(25)16(24)7-11/h3-9,13H,1-2H3,(H,33,35)(H,34,36)/b17-8-. The Morgan fingerprint density at radius 1 is 0.972 bits per heavy atom. The Hall–Kier alpha value is -2.50. The van der Waals surface area contributed by atoms with Crippen molar-refractivity contribution >= 4 is 52.4 Å². The summed E-state index contributed by atoms with van der Waals surface area (Å²) in [5, 5.41) is 3.32. The van der Waals surface area contributed by atoms with E-state index < -0.39 is 64.2 Å². The van der Waals surface area contributed by atoms with Crippen LogP contribution in [0.15, 0.2) is 36.4 Å². The first-order chi connectivity index (χ1) is 16.5. The predicted octanol–water partition coefficient (Wildman–Crippen LogP) is 7.19. The Kier molecular flexibility index (Phi) is 9.30. The van der Waals surface area contributed by atoms with Gasteiger partial charge >= 0.3 is 12.4 Å². The van der Waals surface area contributed by atoms with Gasteiger partial charge in [0, 0.05) is 12.6 Å². The minimum atomic E-state index is -5.18. The van der Waals surface area contributed by atoms with E-state index in [0.717, 1.165) is 12.1 Å². The fraction of sp³-hybridized carbons (Fsp3) is 0.273. The van der Waals surface area contributed by atoms with Gasteiger partial charge in [-0.05, 0) is 42.8 Å². The number of halogens is 10. The molecule has 0 saturated carbocycles. The van der Waals surface area contributed by atoms with E-state index in [-0.39, 0.29) is 27.2 Å². The zero-order valence-corrected chi connectivity index (χ0v) is 20.5. The number of likely N-dealkylation sites (N-methyl/N-ethyl adjacent to an activating group) is 1. The first-order valence-electron chi connectivity index (χ1n) is 9.79. The lowest BCUT2D eigenvalue weighted by Gasteiger charge is -2.19. The Morgan fingerprint density at radius 2 is 1.53 bits per heavy atom. The van der Waals surface area contributed by atoms with E-state index in [9.17, 15) is 40.3 Å². The molecule has 0 spiro atoms. The van der Waals surface area contributed by atoms with Gasteiger partial charge in [0.15, 0.2) is 0 Å². The molecule has 2 rings (SSSR count). The van der Waals surface area contributed by atoms with Crippen molar-refractivity contribution in [1.29, 1.82) is 0 Å². The van der Waals surface area contributed by atoms with Crippen molar-refractivity contribution < 1.29 is 40.3 Å². The summed E-state index contributed by atoms with van der Waals surface area (Å²) < 4.78 is 96.9. The molecule has 0 radical (unpaired) electrons. The summed E-state index contributed by atoms with van der Waals surface area (Å²) >= 11 is 17.3. The van der Waals surface area contributed by atoms with Gasteiger partial charge in [-0.25, -0.2) is 4.39 Å². The molecule has 0 heterocycles. The number of rotatable bonds is 6. The van der Waals surface area contributed by atoms with E-state index in [1.165, 1.54) is 14.0 Å². The molecule has 2 aromatic carbocycles. The zero-order valence-electron chi connectivity index (χ0n) is 18.2. The van der Waals surface area contributed by atoms with Crippen LogP contribution in [0.2, 0.25) is 15.1 Å². The maximum absolute atomic E-state index is 14.9. The van der Waals surface area contributed by atoms with E-state index in [1.54, 1.807) is 0 Å². The number of benzene rings is 2. The van der Waals surface area contributed by atoms with Crippen molar-refractivity contribution in [3.05, 3.63) is 73.7 Å². The van der Waals surface area contributed by atoms with Crippen LogP contribution in [0.5, 0.6) is 0 Å². The Labute approximate surface area is 215 Å². The third-order valence-electron chi connectivity index (χ3n) is 4.86. The summed E-state index contributed by atoms with van der Waals surface area (Å²) in [5.74, 6) is -6.29. The number of nitrogens with one attached hydrogen (secondary N) is 2. The molecule has 2 aromatic rings. The van der Waals surface area contributed by atoms with Crippen LogP contribution in [-0.4, -0.2) is 31.1 Å². The van der Waals surface area contributed by atoms with Gasteiger partial charge in [-0.1, -0.05) is 40.9 Å². The molecule has 2 N–H and O–H groups in total. The number of hydrogen-bond donors (Lipinski definition) is 2. The fourth-order valence-electron chi connectivity index (χ4n) is 3.06. The van der Waals surface area contributed by atoms with Gasteiger partial charge in [0.25, 0.3) is 5.91 Å². The van der Waals surface area contributed by atoms with Crippen LogP contribution < -0.4 is 10.6 Å². The molecule has 0 bridgehead atoms. The zero-order chi connectivity index (χ0) is 27.6. The molecule has 2 unspecified atom stereocenters. The molecule has 14 heteroatoms. The van der Waals surface area contributed by atoms with Crippen molar-refractivity contribution in [2.24, 2.45) is 0 Å². The monoisotopic (exact) mass is 578 g/mol. The minimum Gasteiger partial charge on any atom is -0.357 e. The highest BCUT2D eigenvalue weighted by molar-refractivity contribution is 6.48. The maximum atomic E-state index is 14.9. The first kappa shape index (κ1) is 29.7. The van der Waals surface area contributed by atoms with Gasteiger partial charge in [0.1, 0.15) is 17.8 Å². The van der Waals surface area contributed by atoms with E-state index in [0.29, 0.717) is 12.1 Å². The molecule has 0 aliphatic heterocycles. The van der Waals surface area contributed by atoms with Crippen molar-refractivity contribution in [2.45, 2.75) is 31.2 Å². The van der Waals surface area contributed by atoms with Crippen LogP contribution in [0.25, 0.3) is 5.83 Å². The van der Waals surface area contributed by atoms with Gasteiger partial charge in [0.2, 0.25) is 5.91 Å². The molecular formula is C22H16Cl3F7N2O2. The van der Waals surface area contributed by atoms with E-state index in [4.69, 9.17) is 34.8 Å². The third kappa shape index (κ3) is 7.04. The van der Waals surface area contributed by atoms with Crippen molar-refractivity contribution in [1.82, 2.24) is 10.6 Å². The van der Waals surface area contributed by atoms with Crippen LogP contribution in [0, 0.1) is 0 Å². The van der Waals surface area contributed by atoms with E-state index in [1.807, 2.05) is 0 Å². The molecule has 196 valence electrons. The van der Waals surface area contributed by atoms with Crippen molar-refractivity contribution in [3.63, 3.8) is 0 Å². The van der Waals surface area contributed by atoms with Gasteiger partial charge in [0.05, 0.1) is 26.2 Å². The lowest BCUT2D eigenvalue weighted by atomic mass is 9.95. The van der Waals surface area contributed by atoms with Gasteiger partial charge in [-0.2, -0.15) is 26.3 Å². The topological polar surface area (TPSA) is 58.2 Å². The minimum absolute atomic E-state index is 0.0544. The number of carbonyl (C=O) groups is 2. The fourth-order valence-corrected chi connectivity index (χ4v) is 3.67. The molecule has 2 atom stereocenters. The second-order valence-corrected chi connectivity index (χ2v) is 8.59. The van der Waals surface area contributed by atoms with Crippen LogP contribution in [0.3, 0.4) is 0 Å². The highest BCUT2D eigenvalue weighted by Gasteiger charge is 2.41. The molecule has 0 saturated heterocycles. The highest BCUT2D eigenvalue weighted by atomic mass is 35.5. The van der Waals surface area contributed by atoms with Crippen LogP contribution in [0.1, 0.15) is 39.9 Å². The van der Waals surface area contributed by atoms with E-state index in [2.05, 4.69) is 10.6 Å².